The van der Waals surface area contributed by atoms with E-state index < -0.39 is 6.61 Å². The number of carbonyl (C=O) groups is 1. The maximum absolute atomic E-state index is 12.7. The normalized spacial score (nSPS) is 11.2. The number of aromatic nitrogens is 2. The van der Waals surface area contributed by atoms with Crippen molar-refractivity contribution in [2.24, 2.45) is 0 Å². The molecule has 0 aliphatic carbocycles. The van der Waals surface area contributed by atoms with Crippen molar-refractivity contribution in [1.82, 2.24) is 14.5 Å². The van der Waals surface area contributed by atoms with Gasteiger partial charge in [-0.2, -0.15) is 8.78 Å². The zero-order valence-corrected chi connectivity index (χ0v) is 16.1. The van der Waals surface area contributed by atoms with Crippen molar-refractivity contribution in [3.05, 3.63) is 64.6 Å². The third-order valence-electron chi connectivity index (χ3n) is 4.56. The van der Waals surface area contributed by atoms with E-state index in [1.807, 2.05) is 31.2 Å². The van der Waals surface area contributed by atoms with Gasteiger partial charge in [0.05, 0.1) is 11.0 Å². The van der Waals surface area contributed by atoms with Crippen LogP contribution in [0.3, 0.4) is 0 Å². The number of hydrogen-bond donors (Lipinski definition) is 1. The summed E-state index contributed by atoms with van der Waals surface area (Å²) in [7, 11) is 0. The van der Waals surface area contributed by atoms with Crippen LogP contribution in [0, 0.1) is 0 Å². The summed E-state index contributed by atoms with van der Waals surface area (Å²) in [5.74, 6) is -0.167. The quantitative estimate of drug-likeness (QED) is 0.597. The van der Waals surface area contributed by atoms with Gasteiger partial charge in [0.25, 0.3) is 0 Å². The van der Waals surface area contributed by atoms with Crippen LogP contribution in [-0.2, 0) is 24.3 Å². The third-order valence-corrected chi connectivity index (χ3v) is 4.56. The molecule has 0 spiro atoms. The molecule has 1 heterocycles. The van der Waals surface area contributed by atoms with Gasteiger partial charge in [0.15, 0.2) is 0 Å². The third kappa shape index (κ3) is 5.01. The number of benzene rings is 2. The molecule has 0 aliphatic rings. The largest absolute Gasteiger partial charge is 0.435 e. The summed E-state index contributed by atoms with van der Waals surface area (Å²) in [4.78, 5) is 25.1. The molecular weight excluding hydrogens is 380 g/mol. The van der Waals surface area contributed by atoms with E-state index in [4.69, 9.17) is 0 Å². The summed E-state index contributed by atoms with van der Waals surface area (Å²) in [5.41, 5.74) is 2.23. The number of hydrogen-bond acceptors (Lipinski definition) is 3. The molecule has 0 saturated carbocycles. The maximum atomic E-state index is 12.7. The Hall–Kier alpha value is -3.16. The average Bonchev–Trinajstić information content (AvgIpc) is 2.95. The molecule has 154 valence electrons. The van der Waals surface area contributed by atoms with Gasteiger partial charge in [0.2, 0.25) is 5.91 Å². The highest BCUT2D eigenvalue weighted by Crippen LogP contribution is 2.15. The highest BCUT2D eigenvalue weighted by molar-refractivity contribution is 5.80. The van der Waals surface area contributed by atoms with Crippen LogP contribution in [0.25, 0.3) is 11.0 Å². The van der Waals surface area contributed by atoms with Gasteiger partial charge in [0.1, 0.15) is 12.3 Å². The fourth-order valence-corrected chi connectivity index (χ4v) is 3.25. The fourth-order valence-electron chi connectivity index (χ4n) is 3.25. The van der Waals surface area contributed by atoms with Crippen LogP contribution >= 0.6 is 0 Å². The molecule has 1 N–H and O–H groups in total. The van der Waals surface area contributed by atoms with Gasteiger partial charge >= 0.3 is 12.3 Å². The van der Waals surface area contributed by atoms with Crippen molar-refractivity contribution in [1.29, 1.82) is 0 Å². The van der Waals surface area contributed by atoms with E-state index in [-0.39, 0.29) is 23.9 Å². The van der Waals surface area contributed by atoms with Crippen LogP contribution in [-0.4, -0.2) is 28.2 Å². The average molecular weight is 403 g/mol. The lowest BCUT2D eigenvalue weighted by atomic mass is 10.1. The highest BCUT2D eigenvalue weighted by atomic mass is 19.3. The van der Waals surface area contributed by atoms with Gasteiger partial charge < -0.3 is 10.1 Å². The molecule has 2 aromatic carbocycles. The van der Waals surface area contributed by atoms with Crippen LogP contribution in [0.15, 0.2) is 53.3 Å². The van der Waals surface area contributed by atoms with Gasteiger partial charge in [-0.15, -0.1) is 0 Å². The van der Waals surface area contributed by atoms with E-state index in [0.717, 1.165) is 23.0 Å². The van der Waals surface area contributed by atoms with Crippen LogP contribution < -0.4 is 15.7 Å². The van der Waals surface area contributed by atoms with Crippen molar-refractivity contribution in [2.45, 2.75) is 39.5 Å². The number of fused-ring (bicyclic) bond motifs is 1. The summed E-state index contributed by atoms with van der Waals surface area (Å²) < 4.78 is 31.8. The molecule has 0 radical (unpaired) electrons. The number of amides is 1. The number of aryl methyl sites for hydroxylation is 1. The predicted molar refractivity (Wildman–Crippen MR) is 106 cm³/mol. The van der Waals surface area contributed by atoms with Crippen molar-refractivity contribution in [3.8, 4) is 5.75 Å². The molecule has 0 atom stereocenters. The standard InChI is InChI=1S/C21H23F2N3O3/c1-2-13-25-17-5-3-4-6-18(17)26(21(25)28)14-19(27)24-12-11-15-7-9-16(10-8-15)29-20(22)23/h3-10,20H,2,11-14H2,1H3,(H,24,27). The summed E-state index contributed by atoms with van der Waals surface area (Å²) in [5, 5.41) is 2.80. The SMILES string of the molecule is CCCn1c(=O)n(CC(=O)NCCc2ccc(OC(F)F)cc2)c2ccccc21. The van der Waals surface area contributed by atoms with E-state index in [1.165, 1.54) is 16.7 Å². The Balaban J connectivity index is 1.60. The zero-order chi connectivity index (χ0) is 20.8. The first kappa shape index (κ1) is 20.6. The van der Waals surface area contributed by atoms with Crippen molar-refractivity contribution >= 4 is 16.9 Å². The number of imidazole rings is 1. The summed E-state index contributed by atoms with van der Waals surface area (Å²) in [6, 6.07) is 13.7. The van der Waals surface area contributed by atoms with Gasteiger partial charge in [-0.25, -0.2) is 4.79 Å². The molecule has 0 saturated heterocycles. The Morgan fingerprint density at radius 2 is 1.72 bits per heavy atom. The summed E-state index contributed by atoms with van der Waals surface area (Å²) in [6.45, 7) is 0.0521. The molecule has 3 aromatic rings. The van der Waals surface area contributed by atoms with Crippen LogP contribution in [0.4, 0.5) is 8.78 Å². The number of ether oxygens (including phenoxy) is 1. The van der Waals surface area contributed by atoms with Crippen LogP contribution in [0.2, 0.25) is 0 Å². The fraction of sp³-hybridized carbons (Fsp3) is 0.333. The summed E-state index contributed by atoms with van der Waals surface area (Å²) in [6.07, 6.45) is 1.36. The Bertz CT molecular complexity index is 1030. The Morgan fingerprint density at radius 1 is 1.07 bits per heavy atom. The Labute approximate surface area is 166 Å². The van der Waals surface area contributed by atoms with Gasteiger partial charge in [-0.05, 0) is 42.7 Å². The second kappa shape index (κ2) is 9.36. The van der Waals surface area contributed by atoms with Crippen LogP contribution in [0.1, 0.15) is 18.9 Å². The lowest BCUT2D eigenvalue weighted by molar-refractivity contribution is -0.121. The molecule has 6 nitrogen and oxygen atoms in total. The lowest BCUT2D eigenvalue weighted by Gasteiger charge is -2.08. The second-order valence-corrected chi connectivity index (χ2v) is 6.63. The molecule has 0 bridgehead atoms. The molecule has 1 amide bonds. The maximum Gasteiger partial charge on any atom is 0.387 e. The number of halogens is 2. The smallest absolute Gasteiger partial charge is 0.387 e. The first-order valence-electron chi connectivity index (χ1n) is 9.48. The van der Waals surface area contributed by atoms with E-state index in [9.17, 15) is 18.4 Å². The predicted octanol–water partition coefficient (Wildman–Crippen LogP) is 3.17. The van der Waals surface area contributed by atoms with Crippen molar-refractivity contribution in [3.63, 3.8) is 0 Å². The Morgan fingerprint density at radius 3 is 2.34 bits per heavy atom. The molecule has 3 rings (SSSR count). The van der Waals surface area contributed by atoms with E-state index in [1.54, 1.807) is 16.7 Å². The molecule has 0 unspecified atom stereocenters. The van der Waals surface area contributed by atoms with Crippen LogP contribution in [0.5, 0.6) is 5.75 Å². The van der Waals surface area contributed by atoms with Gasteiger partial charge in [0, 0.05) is 13.1 Å². The van der Waals surface area contributed by atoms with E-state index in [0.29, 0.717) is 19.5 Å². The first-order chi connectivity index (χ1) is 14.0. The number of para-hydroxylation sites is 2. The zero-order valence-electron chi connectivity index (χ0n) is 16.1. The number of nitrogens with one attached hydrogen (secondary N) is 1. The first-order valence-corrected chi connectivity index (χ1v) is 9.48. The minimum absolute atomic E-state index is 0.0583. The van der Waals surface area contributed by atoms with E-state index in [2.05, 4.69) is 10.1 Å². The van der Waals surface area contributed by atoms with Gasteiger partial charge in [-0.1, -0.05) is 31.2 Å². The molecule has 29 heavy (non-hydrogen) atoms. The number of alkyl halides is 2. The lowest BCUT2D eigenvalue weighted by Crippen LogP contribution is -2.34. The van der Waals surface area contributed by atoms with Crippen molar-refractivity contribution in [2.75, 3.05) is 6.54 Å². The molecule has 0 fully saturated rings. The number of rotatable bonds is 9. The number of nitrogens with zero attached hydrogens (tertiary/aromatic N) is 2. The monoisotopic (exact) mass is 403 g/mol. The summed E-state index contributed by atoms with van der Waals surface area (Å²) >= 11 is 0. The topological polar surface area (TPSA) is 65.3 Å². The minimum atomic E-state index is -2.85. The molecular formula is C21H23F2N3O3. The number of carbonyl (C=O) groups excluding carboxylic acids is 1. The van der Waals surface area contributed by atoms with Crippen molar-refractivity contribution < 1.29 is 18.3 Å². The highest BCUT2D eigenvalue weighted by Gasteiger charge is 2.14. The molecule has 0 aliphatic heterocycles. The van der Waals surface area contributed by atoms with Gasteiger partial charge in [-0.3, -0.25) is 13.9 Å². The Kier molecular flexibility index (Phi) is 6.64. The minimum Gasteiger partial charge on any atom is -0.435 e. The molecule has 1 aromatic heterocycles. The molecule has 8 heteroatoms. The second-order valence-electron chi connectivity index (χ2n) is 6.63. The van der Waals surface area contributed by atoms with E-state index >= 15 is 0 Å².